The molecule has 1 amide bonds. The van der Waals surface area contributed by atoms with E-state index in [2.05, 4.69) is 0 Å². The molecular weight excluding hydrogens is 338 g/mol. The summed E-state index contributed by atoms with van der Waals surface area (Å²) < 4.78 is 7.52. The Hall–Kier alpha value is -2.92. The fourth-order valence-corrected chi connectivity index (χ4v) is 3.56. The van der Waals surface area contributed by atoms with E-state index in [0.717, 1.165) is 16.9 Å². The molecule has 0 aliphatic carbocycles. The van der Waals surface area contributed by atoms with Gasteiger partial charge in [-0.1, -0.05) is 48.5 Å². The lowest BCUT2D eigenvalue weighted by molar-refractivity contribution is -0.0588. The van der Waals surface area contributed by atoms with E-state index in [4.69, 9.17) is 9.84 Å². The van der Waals surface area contributed by atoms with Crippen molar-refractivity contribution in [2.24, 2.45) is 0 Å². The van der Waals surface area contributed by atoms with Crippen molar-refractivity contribution in [1.82, 2.24) is 14.7 Å². The molecule has 5 heteroatoms. The lowest BCUT2D eigenvalue weighted by Crippen LogP contribution is -2.48. The summed E-state index contributed by atoms with van der Waals surface area (Å²) in [6.45, 7) is 5.17. The summed E-state index contributed by atoms with van der Waals surface area (Å²) in [4.78, 5) is 15.2. The summed E-state index contributed by atoms with van der Waals surface area (Å²) in [6.07, 6.45) is 0.0544. The van der Waals surface area contributed by atoms with Gasteiger partial charge >= 0.3 is 0 Å². The van der Waals surface area contributed by atoms with Crippen molar-refractivity contribution in [3.8, 4) is 16.9 Å². The molecular formula is C22H23N3O2. The molecule has 1 aromatic heterocycles. The predicted molar refractivity (Wildman–Crippen MR) is 105 cm³/mol. The Morgan fingerprint density at radius 1 is 0.963 bits per heavy atom. The highest BCUT2D eigenvalue weighted by atomic mass is 16.5. The molecule has 5 nitrogen and oxygen atoms in total. The fourth-order valence-electron chi connectivity index (χ4n) is 3.56. The third-order valence-corrected chi connectivity index (χ3v) is 4.71. The van der Waals surface area contributed by atoms with Gasteiger partial charge in [-0.15, -0.1) is 0 Å². The first-order valence-electron chi connectivity index (χ1n) is 9.27. The molecule has 4 rings (SSSR count). The molecule has 3 aromatic rings. The first-order valence-corrected chi connectivity index (χ1v) is 9.27. The van der Waals surface area contributed by atoms with Gasteiger partial charge in [-0.05, 0) is 32.0 Å². The van der Waals surface area contributed by atoms with Crippen molar-refractivity contribution in [2.45, 2.75) is 26.1 Å². The molecule has 0 spiro atoms. The van der Waals surface area contributed by atoms with Gasteiger partial charge in [0.05, 0.1) is 23.6 Å². The van der Waals surface area contributed by atoms with Crippen molar-refractivity contribution >= 4 is 5.91 Å². The molecule has 2 unspecified atom stereocenters. The first kappa shape index (κ1) is 17.5. The zero-order chi connectivity index (χ0) is 18.8. The quantitative estimate of drug-likeness (QED) is 0.713. The standard InChI is InChI=1S/C22H23N3O2/c1-16-14-24(15-17(2)27-16)22(26)21-13-20(18-9-5-3-6-10-18)23-25(21)19-11-7-4-8-12-19/h3-13,16-17H,14-15H2,1-2H3. The summed E-state index contributed by atoms with van der Waals surface area (Å²) >= 11 is 0. The molecule has 1 aliphatic rings. The maximum atomic E-state index is 13.3. The molecule has 0 N–H and O–H groups in total. The highest BCUT2D eigenvalue weighted by Crippen LogP contribution is 2.23. The Labute approximate surface area is 159 Å². The monoisotopic (exact) mass is 361 g/mol. The second-order valence-corrected chi connectivity index (χ2v) is 7.00. The number of carbonyl (C=O) groups is 1. The van der Waals surface area contributed by atoms with Crippen LogP contribution >= 0.6 is 0 Å². The van der Waals surface area contributed by atoms with Gasteiger partial charge in [0.1, 0.15) is 5.69 Å². The highest BCUT2D eigenvalue weighted by molar-refractivity contribution is 5.94. The molecule has 2 atom stereocenters. The van der Waals surface area contributed by atoms with Crippen LogP contribution in [-0.2, 0) is 4.74 Å². The van der Waals surface area contributed by atoms with Gasteiger partial charge in [0.25, 0.3) is 5.91 Å². The van der Waals surface area contributed by atoms with E-state index in [1.54, 1.807) is 4.68 Å². The van der Waals surface area contributed by atoms with E-state index in [9.17, 15) is 4.79 Å². The average molecular weight is 361 g/mol. The maximum Gasteiger partial charge on any atom is 0.272 e. The first-order chi connectivity index (χ1) is 13.1. The number of aromatic nitrogens is 2. The number of carbonyl (C=O) groups excluding carboxylic acids is 1. The lowest BCUT2D eigenvalue weighted by Gasteiger charge is -2.35. The van der Waals surface area contributed by atoms with E-state index in [1.807, 2.05) is 85.5 Å². The Balaban J connectivity index is 1.76. The van der Waals surface area contributed by atoms with Crippen LogP contribution in [0.5, 0.6) is 0 Å². The third kappa shape index (κ3) is 3.64. The topological polar surface area (TPSA) is 47.4 Å². The van der Waals surface area contributed by atoms with Crippen LogP contribution in [0.15, 0.2) is 66.7 Å². The Kier molecular flexibility index (Phi) is 4.77. The summed E-state index contributed by atoms with van der Waals surface area (Å²) in [5.74, 6) is -0.0180. The maximum absolute atomic E-state index is 13.3. The SMILES string of the molecule is CC1CN(C(=O)c2cc(-c3ccccc3)nn2-c2ccccc2)CC(C)O1. The van der Waals surface area contributed by atoms with Gasteiger partial charge < -0.3 is 9.64 Å². The third-order valence-electron chi connectivity index (χ3n) is 4.71. The van der Waals surface area contributed by atoms with Crippen LogP contribution in [-0.4, -0.2) is 45.9 Å². The van der Waals surface area contributed by atoms with Crippen LogP contribution < -0.4 is 0 Å². The van der Waals surface area contributed by atoms with Gasteiger partial charge in [-0.2, -0.15) is 5.10 Å². The number of amides is 1. The normalized spacial score (nSPS) is 19.9. The van der Waals surface area contributed by atoms with E-state index in [1.165, 1.54) is 0 Å². The minimum absolute atomic E-state index is 0.0180. The molecule has 27 heavy (non-hydrogen) atoms. The zero-order valence-electron chi connectivity index (χ0n) is 15.6. The summed E-state index contributed by atoms with van der Waals surface area (Å²) in [7, 11) is 0. The van der Waals surface area contributed by atoms with Gasteiger partial charge in [0.2, 0.25) is 0 Å². The van der Waals surface area contributed by atoms with E-state index in [-0.39, 0.29) is 18.1 Å². The van der Waals surface area contributed by atoms with E-state index in [0.29, 0.717) is 18.8 Å². The van der Waals surface area contributed by atoms with Crippen LogP contribution in [0.3, 0.4) is 0 Å². The average Bonchev–Trinajstić information content (AvgIpc) is 3.13. The largest absolute Gasteiger partial charge is 0.372 e. The van der Waals surface area contributed by atoms with Crippen LogP contribution in [0.2, 0.25) is 0 Å². The van der Waals surface area contributed by atoms with Crippen molar-refractivity contribution in [3.05, 3.63) is 72.4 Å². The number of benzene rings is 2. The molecule has 1 fully saturated rings. The Morgan fingerprint density at radius 3 is 2.19 bits per heavy atom. The Morgan fingerprint density at radius 2 is 1.56 bits per heavy atom. The molecule has 2 aromatic carbocycles. The van der Waals surface area contributed by atoms with Gasteiger partial charge in [0, 0.05) is 18.7 Å². The van der Waals surface area contributed by atoms with Crippen molar-refractivity contribution in [2.75, 3.05) is 13.1 Å². The summed E-state index contributed by atoms with van der Waals surface area (Å²) in [5.41, 5.74) is 3.22. The van der Waals surface area contributed by atoms with Crippen molar-refractivity contribution < 1.29 is 9.53 Å². The number of nitrogens with zero attached hydrogens (tertiary/aromatic N) is 3. The minimum Gasteiger partial charge on any atom is -0.372 e. The Bertz CT molecular complexity index is 911. The minimum atomic E-state index is -0.0180. The highest BCUT2D eigenvalue weighted by Gasteiger charge is 2.29. The van der Waals surface area contributed by atoms with E-state index < -0.39 is 0 Å². The number of hydrogen-bond donors (Lipinski definition) is 0. The van der Waals surface area contributed by atoms with Gasteiger partial charge in [-0.25, -0.2) is 4.68 Å². The molecule has 138 valence electrons. The zero-order valence-corrected chi connectivity index (χ0v) is 15.6. The second-order valence-electron chi connectivity index (χ2n) is 7.00. The summed E-state index contributed by atoms with van der Waals surface area (Å²) in [6, 6.07) is 21.6. The molecule has 2 heterocycles. The molecule has 1 aliphatic heterocycles. The molecule has 0 radical (unpaired) electrons. The smallest absolute Gasteiger partial charge is 0.272 e. The fraction of sp³-hybridized carbons (Fsp3) is 0.273. The van der Waals surface area contributed by atoms with Crippen LogP contribution in [0.1, 0.15) is 24.3 Å². The van der Waals surface area contributed by atoms with E-state index >= 15 is 0 Å². The van der Waals surface area contributed by atoms with Gasteiger partial charge in [0.15, 0.2) is 0 Å². The second kappa shape index (κ2) is 7.37. The molecule has 1 saturated heterocycles. The number of hydrogen-bond acceptors (Lipinski definition) is 3. The lowest BCUT2D eigenvalue weighted by atomic mass is 10.1. The molecule has 0 bridgehead atoms. The summed E-state index contributed by atoms with van der Waals surface area (Å²) in [5, 5.41) is 4.74. The molecule has 0 saturated carbocycles. The van der Waals surface area contributed by atoms with Crippen LogP contribution in [0.25, 0.3) is 16.9 Å². The number of para-hydroxylation sites is 1. The van der Waals surface area contributed by atoms with Crippen molar-refractivity contribution in [1.29, 1.82) is 0 Å². The van der Waals surface area contributed by atoms with Gasteiger partial charge in [-0.3, -0.25) is 4.79 Å². The number of rotatable bonds is 3. The predicted octanol–water partition coefficient (Wildman–Crippen LogP) is 3.79. The van der Waals surface area contributed by atoms with Crippen LogP contribution in [0, 0.1) is 0 Å². The number of ether oxygens (including phenoxy) is 1. The van der Waals surface area contributed by atoms with Crippen LogP contribution in [0.4, 0.5) is 0 Å². The number of morpholine rings is 1. The van der Waals surface area contributed by atoms with Crippen molar-refractivity contribution in [3.63, 3.8) is 0 Å².